The van der Waals surface area contributed by atoms with Crippen molar-refractivity contribution in [2.45, 2.75) is 19.5 Å². The Hall–Kier alpha value is -1.65. The first-order chi connectivity index (χ1) is 8.68. The van der Waals surface area contributed by atoms with Gasteiger partial charge in [-0.05, 0) is 29.5 Å². The molecule has 0 radical (unpaired) electrons. The smallest absolute Gasteiger partial charge is 0.326 e. The molecule has 1 heterocycles. The molecule has 1 atom stereocenters. The van der Waals surface area contributed by atoms with Gasteiger partial charge in [-0.2, -0.15) is 0 Å². The van der Waals surface area contributed by atoms with Crippen LogP contribution in [0.25, 0.3) is 0 Å². The Bertz CT molecular complexity index is 522. The highest BCUT2D eigenvalue weighted by Gasteiger charge is 2.21. The van der Waals surface area contributed by atoms with Gasteiger partial charge in [-0.25, -0.2) is 0 Å². The summed E-state index contributed by atoms with van der Waals surface area (Å²) >= 11 is 1.48. The maximum Gasteiger partial charge on any atom is 0.326 e. The lowest BCUT2D eigenvalue weighted by Crippen LogP contribution is -2.27. The summed E-state index contributed by atoms with van der Waals surface area (Å²) in [7, 11) is 0. The number of benzene rings is 1. The summed E-state index contributed by atoms with van der Waals surface area (Å²) in [5.74, 6) is -0.837. The quantitative estimate of drug-likeness (QED) is 0.870. The Morgan fingerprint density at radius 1 is 1.33 bits per heavy atom. The van der Waals surface area contributed by atoms with Gasteiger partial charge in [0.05, 0.1) is 0 Å². The predicted molar refractivity (Wildman–Crippen MR) is 72.7 cm³/mol. The molecule has 0 aliphatic heterocycles. The van der Waals surface area contributed by atoms with Crippen LogP contribution in [0.3, 0.4) is 0 Å². The predicted octanol–water partition coefficient (Wildman–Crippen LogP) is 2.97. The summed E-state index contributed by atoms with van der Waals surface area (Å²) in [6, 6.07) is 11.1. The van der Waals surface area contributed by atoms with E-state index in [-0.39, 0.29) is 0 Å². The van der Waals surface area contributed by atoms with Crippen molar-refractivity contribution in [1.29, 1.82) is 0 Å². The number of hydrogen-bond donors (Lipinski definition) is 2. The molecule has 0 saturated heterocycles. The molecule has 2 rings (SSSR count). The Balaban J connectivity index is 2.09. The maximum atomic E-state index is 11.3. The second-order valence-corrected chi connectivity index (χ2v) is 5.05. The SMILES string of the molecule is Cc1ccsc1C(NCc1ccccc1)C(=O)O. The fourth-order valence-electron chi connectivity index (χ4n) is 1.79. The van der Waals surface area contributed by atoms with Gasteiger partial charge in [-0.15, -0.1) is 11.3 Å². The van der Waals surface area contributed by atoms with Gasteiger partial charge in [-0.1, -0.05) is 30.3 Å². The van der Waals surface area contributed by atoms with E-state index in [1.54, 1.807) is 0 Å². The van der Waals surface area contributed by atoms with Crippen LogP contribution >= 0.6 is 11.3 Å². The molecule has 0 fully saturated rings. The van der Waals surface area contributed by atoms with Gasteiger partial charge in [0.25, 0.3) is 0 Å². The number of carbonyl (C=O) groups is 1. The monoisotopic (exact) mass is 261 g/mol. The summed E-state index contributed by atoms with van der Waals surface area (Å²) in [6.45, 7) is 2.49. The number of rotatable bonds is 5. The fourth-order valence-corrected chi connectivity index (χ4v) is 2.78. The first-order valence-corrected chi connectivity index (χ1v) is 6.60. The average Bonchev–Trinajstić information content (AvgIpc) is 2.77. The van der Waals surface area contributed by atoms with Crippen molar-refractivity contribution in [3.05, 3.63) is 57.8 Å². The molecule has 1 aromatic heterocycles. The molecule has 0 aliphatic rings. The van der Waals surface area contributed by atoms with Crippen LogP contribution < -0.4 is 5.32 Å². The van der Waals surface area contributed by atoms with E-state index in [1.165, 1.54) is 11.3 Å². The lowest BCUT2D eigenvalue weighted by atomic mass is 10.1. The summed E-state index contributed by atoms with van der Waals surface area (Å²) in [5, 5.41) is 14.3. The summed E-state index contributed by atoms with van der Waals surface area (Å²) in [4.78, 5) is 12.2. The van der Waals surface area contributed by atoms with Crippen LogP contribution in [0.5, 0.6) is 0 Å². The van der Waals surface area contributed by atoms with Crippen molar-refractivity contribution in [2.24, 2.45) is 0 Å². The third kappa shape index (κ3) is 2.97. The number of thiophene rings is 1. The first-order valence-electron chi connectivity index (χ1n) is 5.72. The molecule has 1 aromatic carbocycles. The fraction of sp³-hybridized carbons (Fsp3) is 0.214. The largest absolute Gasteiger partial charge is 0.480 e. The second kappa shape index (κ2) is 5.80. The van der Waals surface area contributed by atoms with Crippen molar-refractivity contribution in [3.63, 3.8) is 0 Å². The van der Waals surface area contributed by atoms with E-state index in [9.17, 15) is 9.90 Å². The van der Waals surface area contributed by atoms with Crippen LogP contribution in [0.1, 0.15) is 22.0 Å². The van der Waals surface area contributed by atoms with E-state index in [4.69, 9.17) is 0 Å². The third-order valence-electron chi connectivity index (χ3n) is 2.76. The van der Waals surface area contributed by atoms with Crippen molar-refractivity contribution in [2.75, 3.05) is 0 Å². The Kier molecular flexibility index (Phi) is 4.12. The average molecular weight is 261 g/mol. The van der Waals surface area contributed by atoms with E-state index >= 15 is 0 Å². The van der Waals surface area contributed by atoms with Gasteiger partial charge in [0.2, 0.25) is 0 Å². The number of nitrogens with one attached hydrogen (secondary N) is 1. The molecule has 0 aliphatic carbocycles. The molecule has 3 nitrogen and oxygen atoms in total. The number of aliphatic carboxylic acids is 1. The van der Waals surface area contributed by atoms with E-state index in [1.807, 2.05) is 48.7 Å². The number of aryl methyl sites for hydroxylation is 1. The van der Waals surface area contributed by atoms with Crippen LogP contribution in [0, 0.1) is 6.92 Å². The molecule has 94 valence electrons. The highest BCUT2D eigenvalue weighted by atomic mass is 32.1. The van der Waals surface area contributed by atoms with E-state index in [2.05, 4.69) is 5.32 Å². The molecular formula is C14H15NO2S. The second-order valence-electron chi connectivity index (χ2n) is 4.11. The molecule has 0 spiro atoms. The third-order valence-corrected chi connectivity index (χ3v) is 3.85. The highest BCUT2D eigenvalue weighted by Crippen LogP contribution is 2.24. The maximum absolute atomic E-state index is 11.3. The van der Waals surface area contributed by atoms with Gasteiger partial charge < -0.3 is 5.11 Å². The van der Waals surface area contributed by atoms with Crippen LogP contribution in [-0.4, -0.2) is 11.1 Å². The molecule has 1 unspecified atom stereocenters. The zero-order valence-electron chi connectivity index (χ0n) is 10.1. The highest BCUT2D eigenvalue weighted by molar-refractivity contribution is 7.10. The van der Waals surface area contributed by atoms with Crippen LogP contribution in [0.2, 0.25) is 0 Å². The molecule has 0 saturated carbocycles. The van der Waals surface area contributed by atoms with E-state index in [0.29, 0.717) is 6.54 Å². The number of carboxylic acids is 1. The minimum Gasteiger partial charge on any atom is -0.480 e. The lowest BCUT2D eigenvalue weighted by molar-refractivity contribution is -0.139. The minimum absolute atomic E-state index is 0.551. The van der Waals surface area contributed by atoms with Gasteiger partial charge in [0.1, 0.15) is 6.04 Å². The van der Waals surface area contributed by atoms with E-state index < -0.39 is 12.0 Å². The zero-order valence-corrected chi connectivity index (χ0v) is 10.9. The van der Waals surface area contributed by atoms with Gasteiger partial charge >= 0.3 is 5.97 Å². The molecule has 0 bridgehead atoms. The summed E-state index contributed by atoms with van der Waals surface area (Å²) in [6.07, 6.45) is 0. The summed E-state index contributed by atoms with van der Waals surface area (Å²) in [5.41, 5.74) is 2.10. The van der Waals surface area contributed by atoms with Crippen LogP contribution in [-0.2, 0) is 11.3 Å². The molecule has 2 aromatic rings. The molecule has 2 N–H and O–H groups in total. The molecule has 0 amide bonds. The zero-order chi connectivity index (χ0) is 13.0. The lowest BCUT2D eigenvalue weighted by Gasteiger charge is -2.14. The number of hydrogen-bond acceptors (Lipinski definition) is 3. The molecule has 4 heteroatoms. The Labute approximate surface area is 110 Å². The van der Waals surface area contributed by atoms with Gasteiger partial charge in [0, 0.05) is 11.4 Å². The van der Waals surface area contributed by atoms with Gasteiger partial charge in [0.15, 0.2) is 0 Å². The molecular weight excluding hydrogens is 246 g/mol. The standard InChI is InChI=1S/C14H15NO2S/c1-10-7-8-18-13(10)12(14(16)17)15-9-11-5-3-2-4-6-11/h2-8,12,15H,9H2,1H3,(H,16,17). The Morgan fingerprint density at radius 3 is 2.61 bits per heavy atom. The Morgan fingerprint density at radius 2 is 2.06 bits per heavy atom. The normalized spacial score (nSPS) is 12.3. The van der Waals surface area contributed by atoms with Crippen molar-refractivity contribution in [3.8, 4) is 0 Å². The van der Waals surface area contributed by atoms with Crippen LogP contribution in [0.15, 0.2) is 41.8 Å². The number of carboxylic acid groups (broad SMARTS) is 1. The van der Waals surface area contributed by atoms with Crippen molar-refractivity contribution >= 4 is 17.3 Å². The van der Waals surface area contributed by atoms with Gasteiger partial charge in [-0.3, -0.25) is 10.1 Å². The summed E-state index contributed by atoms with van der Waals surface area (Å²) < 4.78 is 0. The van der Waals surface area contributed by atoms with E-state index in [0.717, 1.165) is 16.0 Å². The minimum atomic E-state index is -0.837. The van der Waals surface area contributed by atoms with Crippen molar-refractivity contribution < 1.29 is 9.90 Å². The van der Waals surface area contributed by atoms with Crippen molar-refractivity contribution in [1.82, 2.24) is 5.32 Å². The van der Waals surface area contributed by atoms with Crippen LogP contribution in [0.4, 0.5) is 0 Å². The molecule has 18 heavy (non-hydrogen) atoms. The first kappa shape index (κ1) is 12.8. The topological polar surface area (TPSA) is 49.3 Å².